The van der Waals surface area contributed by atoms with Gasteiger partial charge in [0.15, 0.2) is 5.78 Å². The van der Waals surface area contributed by atoms with Crippen LogP contribution in [0.2, 0.25) is 0 Å². The first kappa shape index (κ1) is 14.7. The van der Waals surface area contributed by atoms with Crippen molar-refractivity contribution in [2.75, 3.05) is 11.9 Å². The topological polar surface area (TPSA) is 42.0 Å². The highest BCUT2D eigenvalue weighted by Gasteiger charge is 2.17. The average molecular weight is 248 g/mol. The van der Waals surface area contributed by atoms with Gasteiger partial charge in [-0.25, -0.2) is 4.98 Å². The van der Waals surface area contributed by atoms with Gasteiger partial charge in [-0.05, 0) is 36.8 Å². The summed E-state index contributed by atoms with van der Waals surface area (Å²) in [7, 11) is 0. The Morgan fingerprint density at radius 3 is 2.22 bits per heavy atom. The molecule has 0 fully saturated rings. The van der Waals surface area contributed by atoms with Gasteiger partial charge in [-0.15, -0.1) is 0 Å². The number of anilines is 1. The number of Topliss-reactive ketones (excluding diaryl/α,β-unsaturated/α-hetero) is 1. The van der Waals surface area contributed by atoms with Crippen LogP contribution < -0.4 is 5.32 Å². The largest absolute Gasteiger partial charge is 0.370 e. The van der Waals surface area contributed by atoms with Crippen molar-refractivity contribution in [2.24, 2.45) is 17.8 Å². The average Bonchev–Trinajstić information content (AvgIpc) is 2.28. The van der Waals surface area contributed by atoms with Crippen LogP contribution in [-0.2, 0) is 0 Å². The lowest BCUT2D eigenvalue weighted by Crippen LogP contribution is -2.24. The number of nitrogens with zero attached hydrogens (tertiary/aromatic N) is 1. The normalized spacial score (nSPS) is 11.3. The van der Waals surface area contributed by atoms with Gasteiger partial charge >= 0.3 is 0 Å². The van der Waals surface area contributed by atoms with E-state index in [4.69, 9.17) is 0 Å². The van der Waals surface area contributed by atoms with Gasteiger partial charge < -0.3 is 5.32 Å². The fourth-order valence-electron chi connectivity index (χ4n) is 2.17. The van der Waals surface area contributed by atoms with Crippen LogP contribution in [0.25, 0.3) is 0 Å². The molecule has 0 bridgehead atoms. The molecule has 0 aliphatic rings. The number of carbonyl (C=O) groups is 1. The summed E-state index contributed by atoms with van der Waals surface area (Å²) in [5.74, 6) is 2.81. The van der Waals surface area contributed by atoms with Gasteiger partial charge in [0.25, 0.3) is 0 Å². The molecule has 1 aromatic rings. The Morgan fingerprint density at radius 1 is 1.22 bits per heavy atom. The third-order valence-corrected chi connectivity index (χ3v) is 3.40. The number of hydrogen-bond acceptors (Lipinski definition) is 3. The van der Waals surface area contributed by atoms with Crippen molar-refractivity contribution in [2.45, 2.75) is 34.6 Å². The lowest BCUT2D eigenvalue weighted by molar-refractivity contribution is 0.101. The smallest absolute Gasteiger partial charge is 0.161 e. The second-order valence-electron chi connectivity index (χ2n) is 5.52. The van der Waals surface area contributed by atoms with E-state index in [1.54, 1.807) is 13.1 Å². The molecule has 0 aromatic carbocycles. The van der Waals surface area contributed by atoms with Crippen molar-refractivity contribution in [1.29, 1.82) is 0 Å². The molecule has 0 radical (unpaired) electrons. The van der Waals surface area contributed by atoms with E-state index >= 15 is 0 Å². The van der Waals surface area contributed by atoms with E-state index in [1.165, 1.54) is 0 Å². The number of pyridine rings is 1. The SMILES string of the molecule is CC(=O)c1ccc(NCC(C(C)C)C(C)C)nc1. The maximum absolute atomic E-state index is 11.1. The zero-order chi connectivity index (χ0) is 13.7. The minimum absolute atomic E-state index is 0.0521. The molecular weight excluding hydrogens is 224 g/mol. The van der Waals surface area contributed by atoms with Crippen LogP contribution in [-0.4, -0.2) is 17.3 Å². The summed E-state index contributed by atoms with van der Waals surface area (Å²) in [6.07, 6.45) is 1.63. The van der Waals surface area contributed by atoms with Gasteiger partial charge in [-0.3, -0.25) is 4.79 Å². The predicted octanol–water partition coefficient (Wildman–Crippen LogP) is 3.62. The van der Waals surface area contributed by atoms with Gasteiger partial charge in [-0.1, -0.05) is 27.7 Å². The molecule has 0 saturated carbocycles. The summed E-state index contributed by atoms with van der Waals surface area (Å²) in [5, 5.41) is 3.35. The highest BCUT2D eigenvalue weighted by molar-refractivity contribution is 5.93. The number of rotatable bonds is 6. The first-order valence-corrected chi connectivity index (χ1v) is 6.62. The molecule has 1 N–H and O–H groups in total. The van der Waals surface area contributed by atoms with Crippen LogP contribution in [0.4, 0.5) is 5.82 Å². The van der Waals surface area contributed by atoms with Gasteiger partial charge in [0, 0.05) is 18.3 Å². The van der Waals surface area contributed by atoms with E-state index in [0.717, 1.165) is 12.4 Å². The maximum atomic E-state index is 11.1. The summed E-state index contributed by atoms with van der Waals surface area (Å²) >= 11 is 0. The Bertz CT molecular complexity index is 374. The monoisotopic (exact) mass is 248 g/mol. The summed E-state index contributed by atoms with van der Waals surface area (Å²) in [5.41, 5.74) is 0.657. The number of carbonyl (C=O) groups excluding carboxylic acids is 1. The minimum atomic E-state index is 0.0521. The van der Waals surface area contributed by atoms with Crippen molar-refractivity contribution in [3.05, 3.63) is 23.9 Å². The number of hydrogen-bond donors (Lipinski definition) is 1. The molecule has 3 nitrogen and oxygen atoms in total. The van der Waals surface area contributed by atoms with Crippen LogP contribution in [0, 0.1) is 17.8 Å². The molecule has 3 heteroatoms. The third kappa shape index (κ3) is 4.13. The van der Waals surface area contributed by atoms with Crippen LogP contribution in [0.1, 0.15) is 45.0 Å². The highest BCUT2D eigenvalue weighted by Crippen LogP contribution is 2.20. The maximum Gasteiger partial charge on any atom is 0.161 e. The second-order valence-corrected chi connectivity index (χ2v) is 5.52. The van der Waals surface area contributed by atoms with E-state index in [-0.39, 0.29) is 5.78 Å². The molecule has 0 unspecified atom stereocenters. The van der Waals surface area contributed by atoms with Crippen LogP contribution in [0.3, 0.4) is 0 Å². The van der Waals surface area contributed by atoms with Crippen molar-refractivity contribution in [3.63, 3.8) is 0 Å². The molecular formula is C15H24N2O. The summed E-state index contributed by atoms with van der Waals surface area (Å²) in [6, 6.07) is 3.69. The zero-order valence-corrected chi connectivity index (χ0v) is 12.0. The van der Waals surface area contributed by atoms with Crippen molar-refractivity contribution >= 4 is 11.6 Å². The fourth-order valence-corrected chi connectivity index (χ4v) is 2.17. The standard InChI is InChI=1S/C15H24N2O/c1-10(2)14(11(3)4)9-17-15-7-6-13(8-16-15)12(5)18/h6-8,10-11,14H,9H2,1-5H3,(H,16,17). The predicted molar refractivity (Wildman–Crippen MR) is 75.9 cm³/mol. The highest BCUT2D eigenvalue weighted by atomic mass is 16.1. The Balaban J connectivity index is 2.60. The van der Waals surface area contributed by atoms with E-state index in [1.807, 2.05) is 12.1 Å². The Kier molecular flexibility index (Phi) is 5.32. The van der Waals surface area contributed by atoms with Crippen LogP contribution in [0.15, 0.2) is 18.3 Å². The number of nitrogens with one attached hydrogen (secondary N) is 1. The molecule has 1 heterocycles. The summed E-state index contributed by atoms with van der Waals surface area (Å²) in [4.78, 5) is 15.4. The van der Waals surface area contributed by atoms with E-state index in [2.05, 4.69) is 38.0 Å². The molecule has 0 atom stereocenters. The van der Waals surface area contributed by atoms with Crippen molar-refractivity contribution in [1.82, 2.24) is 4.98 Å². The molecule has 0 aliphatic heterocycles. The number of aromatic nitrogens is 1. The van der Waals surface area contributed by atoms with Gasteiger partial charge in [0.1, 0.15) is 5.82 Å². The van der Waals surface area contributed by atoms with Gasteiger partial charge in [0.05, 0.1) is 0 Å². The molecule has 1 aromatic heterocycles. The van der Waals surface area contributed by atoms with E-state index in [0.29, 0.717) is 23.3 Å². The Labute approximate surface area is 110 Å². The van der Waals surface area contributed by atoms with Crippen molar-refractivity contribution < 1.29 is 4.79 Å². The summed E-state index contributed by atoms with van der Waals surface area (Å²) in [6.45, 7) is 11.5. The molecule has 100 valence electrons. The first-order valence-electron chi connectivity index (χ1n) is 6.62. The second kappa shape index (κ2) is 6.53. The fraction of sp³-hybridized carbons (Fsp3) is 0.600. The van der Waals surface area contributed by atoms with E-state index in [9.17, 15) is 4.79 Å². The third-order valence-electron chi connectivity index (χ3n) is 3.40. The van der Waals surface area contributed by atoms with Gasteiger partial charge in [0.2, 0.25) is 0 Å². The lowest BCUT2D eigenvalue weighted by Gasteiger charge is -2.25. The Morgan fingerprint density at radius 2 is 1.83 bits per heavy atom. The quantitative estimate of drug-likeness (QED) is 0.782. The zero-order valence-electron chi connectivity index (χ0n) is 12.0. The lowest BCUT2D eigenvalue weighted by atomic mass is 9.85. The van der Waals surface area contributed by atoms with Crippen LogP contribution in [0.5, 0.6) is 0 Å². The Hall–Kier alpha value is -1.38. The number of ketones is 1. The molecule has 1 rings (SSSR count). The summed E-state index contributed by atoms with van der Waals surface area (Å²) < 4.78 is 0. The molecule has 0 saturated heterocycles. The first-order chi connectivity index (χ1) is 8.41. The molecule has 0 aliphatic carbocycles. The van der Waals surface area contributed by atoms with Crippen molar-refractivity contribution in [3.8, 4) is 0 Å². The molecule has 0 spiro atoms. The van der Waals surface area contributed by atoms with Crippen LogP contribution >= 0.6 is 0 Å². The minimum Gasteiger partial charge on any atom is -0.370 e. The van der Waals surface area contributed by atoms with Gasteiger partial charge in [-0.2, -0.15) is 0 Å². The van der Waals surface area contributed by atoms with E-state index < -0.39 is 0 Å². The molecule has 18 heavy (non-hydrogen) atoms. The molecule has 0 amide bonds.